The number of hydrogen-bond donors (Lipinski definition) is 1. The SMILES string of the molecule is COCOC[C@@]12C[C@@H]3[C@H](C)CC[C@H]3[C@@]3(C#N)C[C@@H]1C=C(C(C)C)[C@@]23C(=O)O. The zero-order valence-corrected chi connectivity index (χ0v) is 16.8. The summed E-state index contributed by atoms with van der Waals surface area (Å²) in [6, 6.07) is 2.65. The molecule has 4 rings (SSSR count). The normalized spacial score (nSPS) is 47.0. The van der Waals surface area contributed by atoms with Gasteiger partial charge in [0, 0.05) is 12.5 Å². The van der Waals surface area contributed by atoms with Crippen molar-refractivity contribution in [2.45, 2.75) is 46.5 Å². The first kappa shape index (κ1) is 19.0. The number of ether oxygens (including phenoxy) is 2. The molecule has 4 bridgehead atoms. The first-order valence-electron chi connectivity index (χ1n) is 10.3. The average molecular weight is 373 g/mol. The molecule has 27 heavy (non-hydrogen) atoms. The number of aliphatic carboxylic acids is 1. The van der Waals surface area contributed by atoms with Gasteiger partial charge in [-0.15, -0.1) is 0 Å². The van der Waals surface area contributed by atoms with Crippen LogP contribution in [0.1, 0.15) is 46.5 Å². The van der Waals surface area contributed by atoms with Gasteiger partial charge in [0.15, 0.2) is 0 Å². The summed E-state index contributed by atoms with van der Waals surface area (Å²) in [4.78, 5) is 13.1. The Morgan fingerprint density at radius 2 is 2.15 bits per heavy atom. The van der Waals surface area contributed by atoms with Crippen LogP contribution >= 0.6 is 0 Å². The Labute approximate surface area is 161 Å². The summed E-state index contributed by atoms with van der Waals surface area (Å²) in [5, 5.41) is 21.3. The Hall–Kier alpha value is -1.38. The molecule has 3 fully saturated rings. The minimum Gasteiger partial charge on any atom is -0.481 e. The number of carbonyl (C=O) groups is 1. The smallest absolute Gasteiger partial charge is 0.316 e. The molecule has 5 nitrogen and oxygen atoms in total. The van der Waals surface area contributed by atoms with Crippen molar-refractivity contribution in [3.63, 3.8) is 0 Å². The minimum atomic E-state index is -1.13. The molecule has 0 saturated heterocycles. The maximum atomic E-state index is 13.1. The van der Waals surface area contributed by atoms with Crippen molar-refractivity contribution in [2.75, 3.05) is 20.5 Å². The number of nitriles is 1. The summed E-state index contributed by atoms with van der Waals surface area (Å²) in [6.07, 6.45) is 5.78. The molecule has 5 heteroatoms. The van der Waals surface area contributed by atoms with E-state index in [4.69, 9.17) is 9.47 Å². The van der Waals surface area contributed by atoms with Crippen molar-refractivity contribution < 1.29 is 19.4 Å². The number of fused-ring (bicyclic) bond motifs is 2. The Kier molecular flexibility index (Phi) is 4.25. The van der Waals surface area contributed by atoms with E-state index in [-0.39, 0.29) is 24.5 Å². The van der Waals surface area contributed by atoms with Crippen LogP contribution in [0.25, 0.3) is 0 Å². The number of rotatable bonds is 6. The topological polar surface area (TPSA) is 79.5 Å². The molecule has 4 aliphatic rings. The molecule has 148 valence electrons. The van der Waals surface area contributed by atoms with Gasteiger partial charge in [-0.1, -0.05) is 38.8 Å². The van der Waals surface area contributed by atoms with Gasteiger partial charge in [-0.2, -0.15) is 5.26 Å². The first-order chi connectivity index (χ1) is 12.8. The van der Waals surface area contributed by atoms with Crippen molar-refractivity contribution >= 4 is 5.97 Å². The second-order valence-electron chi connectivity index (χ2n) is 9.67. The van der Waals surface area contributed by atoms with E-state index in [2.05, 4.69) is 32.9 Å². The predicted molar refractivity (Wildman–Crippen MR) is 99.4 cm³/mol. The standard InChI is InChI=1S/C22H31NO4/c1-13(2)18-7-15-8-20(10-23)17-6-5-14(3)16(17)9-21(15,11-27-12-26-4)22(18,20)19(24)25/h7,13-17H,5-6,8-9,11-12H2,1-4H3,(H,24,25)/t14-,15+,16-,17-,20+,21+,22+/m1/s1. The monoisotopic (exact) mass is 373 g/mol. The molecule has 7 atom stereocenters. The van der Waals surface area contributed by atoms with Crippen molar-refractivity contribution in [3.8, 4) is 6.07 Å². The Balaban J connectivity index is 1.94. The van der Waals surface area contributed by atoms with Gasteiger partial charge >= 0.3 is 5.97 Å². The van der Waals surface area contributed by atoms with Crippen molar-refractivity contribution in [1.29, 1.82) is 5.26 Å². The van der Waals surface area contributed by atoms with Crippen LogP contribution in [0.15, 0.2) is 11.6 Å². The van der Waals surface area contributed by atoms with Crippen LogP contribution in [0.4, 0.5) is 0 Å². The highest BCUT2D eigenvalue weighted by atomic mass is 16.7. The van der Waals surface area contributed by atoms with Gasteiger partial charge in [0.2, 0.25) is 0 Å². The third-order valence-corrected chi connectivity index (χ3v) is 8.60. The molecule has 0 aliphatic heterocycles. The molecule has 4 aliphatic carbocycles. The average Bonchev–Trinajstić information content (AvgIpc) is 3.19. The number of allylic oxidation sites excluding steroid dienone is 1. The molecular formula is C22H31NO4. The van der Waals surface area contributed by atoms with E-state index >= 15 is 0 Å². The Morgan fingerprint density at radius 3 is 2.74 bits per heavy atom. The number of nitrogens with zero attached hydrogens (tertiary/aromatic N) is 1. The van der Waals surface area contributed by atoms with Crippen LogP contribution in [0, 0.1) is 57.2 Å². The van der Waals surface area contributed by atoms with Gasteiger partial charge in [0.05, 0.1) is 18.1 Å². The highest BCUT2D eigenvalue weighted by Crippen LogP contribution is 2.83. The summed E-state index contributed by atoms with van der Waals surface area (Å²) < 4.78 is 11.0. The van der Waals surface area contributed by atoms with Crippen LogP contribution < -0.4 is 0 Å². The summed E-state index contributed by atoms with van der Waals surface area (Å²) in [7, 11) is 1.58. The molecule has 0 aromatic heterocycles. The number of hydrogen-bond acceptors (Lipinski definition) is 4. The molecule has 0 aromatic carbocycles. The zero-order chi connectivity index (χ0) is 19.6. The second-order valence-corrected chi connectivity index (χ2v) is 9.67. The molecule has 0 unspecified atom stereocenters. The van der Waals surface area contributed by atoms with Gasteiger partial charge in [-0.05, 0) is 48.9 Å². The third-order valence-electron chi connectivity index (χ3n) is 8.60. The largest absolute Gasteiger partial charge is 0.481 e. The highest BCUT2D eigenvalue weighted by Gasteiger charge is 2.84. The third kappa shape index (κ3) is 1.94. The van der Waals surface area contributed by atoms with Crippen LogP contribution in [0.5, 0.6) is 0 Å². The van der Waals surface area contributed by atoms with E-state index < -0.39 is 22.2 Å². The van der Waals surface area contributed by atoms with Gasteiger partial charge < -0.3 is 14.6 Å². The molecule has 0 radical (unpaired) electrons. The van der Waals surface area contributed by atoms with Gasteiger partial charge in [-0.3, -0.25) is 4.79 Å². The van der Waals surface area contributed by atoms with Crippen LogP contribution in [-0.2, 0) is 14.3 Å². The van der Waals surface area contributed by atoms with E-state index in [9.17, 15) is 15.2 Å². The van der Waals surface area contributed by atoms with Crippen LogP contribution in [-0.4, -0.2) is 31.6 Å². The lowest BCUT2D eigenvalue weighted by Gasteiger charge is -2.57. The predicted octanol–water partition coefficient (Wildman–Crippen LogP) is 3.86. The zero-order valence-electron chi connectivity index (χ0n) is 16.8. The van der Waals surface area contributed by atoms with E-state index in [0.717, 1.165) is 24.8 Å². The van der Waals surface area contributed by atoms with Crippen LogP contribution in [0.3, 0.4) is 0 Å². The van der Waals surface area contributed by atoms with Gasteiger partial charge in [-0.25, -0.2) is 0 Å². The molecule has 0 aromatic rings. The van der Waals surface area contributed by atoms with E-state index in [1.165, 1.54) is 0 Å². The summed E-state index contributed by atoms with van der Waals surface area (Å²) in [5.41, 5.74) is -1.52. The quantitative estimate of drug-likeness (QED) is 0.434. The fourth-order valence-corrected chi connectivity index (χ4v) is 7.85. The highest BCUT2D eigenvalue weighted by molar-refractivity contribution is 5.85. The maximum Gasteiger partial charge on any atom is 0.316 e. The van der Waals surface area contributed by atoms with E-state index in [0.29, 0.717) is 24.9 Å². The first-order valence-corrected chi connectivity index (χ1v) is 10.3. The molecule has 0 heterocycles. The van der Waals surface area contributed by atoms with Gasteiger partial charge in [0.25, 0.3) is 0 Å². The van der Waals surface area contributed by atoms with Crippen molar-refractivity contribution in [3.05, 3.63) is 11.6 Å². The summed E-state index contributed by atoms with van der Waals surface area (Å²) in [5.74, 6) is 0.514. The summed E-state index contributed by atoms with van der Waals surface area (Å²) >= 11 is 0. The minimum absolute atomic E-state index is 0.0975. The number of carboxylic acid groups (broad SMARTS) is 1. The molecule has 1 N–H and O–H groups in total. The summed E-state index contributed by atoms with van der Waals surface area (Å²) in [6.45, 7) is 6.91. The van der Waals surface area contributed by atoms with Crippen molar-refractivity contribution in [2.24, 2.45) is 45.8 Å². The van der Waals surface area contributed by atoms with E-state index in [1.807, 2.05) is 0 Å². The molecular weight excluding hydrogens is 342 g/mol. The lowest BCUT2D eigenvalue weighted by Crippen LogP contribution is -2.62. The fourth-order valence-electron chi connectivity index (χ4n) is 7.85. The maximum absolute atomic E-state index is 13.1. The number of carboxylic acids is 1. The second kappa shape index (κ2) is 6.06. The lowest BCUT2D eigenvalue weighted by atomic mass is 9.43. The molecule has 3 saturated carbocycles. The lowest BCUT2D eigenvalue weighted by molar-refractivity contribution is -0.184. The fraction of sp³-hybridized carbons (Fsp3) is 0.818. The van der Waals surface area contributed by atoms with Crippen molar-refractivity contribution in [1.82, 2.24) is 0 Å². The van der Waals surface area contributed by atoms with Crippen LogP contribution in [0.2, 0.25) is 0 Å². The molecule has 0 spiro atoms. The molecule has 0 amide bonds. The Morgan fingerprint density at radius 1 is 1.41 bits per heavy atom. The van der Waals surface area contributed by atoms with Gasteiger partial charge in [0.1, 0.15) is 12.2 Å². The Bertz CT molecular complexity index is 724. The van der Waals surface area contributed by atoms with E-state index in [1.54, 1.807) is 7.11 Å². The number of methoxy groups -OCH3 is 1.